The zero-order valence-corrected chi connectivity index (χ0v) is 17.4. The highest BCUT2D eigenvalue weighted by Crippen LogP contribution is 2.19. The first-order valence-electron chi connectivity index (χ1n) is 9.14. The van der Waals surface area contributed by atoms with E-state index in [4.69, 9.17) is 0 Å². The first-order chi connectivity index (χ1) is 12.7. The van der Waals surface area contributed by atoms with Gasteiger partial charge in [-0.05, 0) is 30.9 Å². The summed E-state index contributed by atoms with van der Waals surface area (Å²) in [5.41, 5.74) is 2.19. The number of nitrogens with zero attached hydrogens (tertiary/aromatic N) is 2. The number of carbonyl (C=O) groups is 2. The highest BCUT2D eigenvalue weighted by molar-refractivity contribution is 7.14. The number of anilines is 2. The van der Waals surface area contributed by atoms with Gasteiger partial charge in [0.2, 0.25) is 0 Å². The van der Waals surface area contributed by atoms with Gasteiger partial charge in [-0.15, -0.1) is 11.3 Å². The van der Waals surface area contributed by atoms with Gasteiger partial charge in [-0.3, -0.25) is 10.1 Å². The van der Waals surface area contributed by atoms with Crippen molar-refractivity contribution in [3.63, 3.8) is 0 Å². The Bertz CT molecular complexity index is 759. The number of carbonyl (C=O) groups excluding carboxylic acids is 2. The van der Waals surface area contributed by atoms with Gasteiger partial charge in [-0.2, -0.15) is 0 Å². The zero-order valence-electron chi connectivity index (χ0n) is 16.6. The number of amides is 3. The molecule has 0 aliphatic carbocycles. The number of hydrogen-bond donors (Lipinski definition) is 2. The van der Waals surface area contributed by atoms with E-state index < -0.39 is 0 Å². The quantitative estimate of drug-likeness (QED) is 0.712. The van der Waals surface area contributed by atoms with Crippen LogP contribution in [0.3, 0.4) is 0 Å². The Balaban J connectivity index is 2.00. The minimum atomic E-state index is -0.381. The van der Waals surface area contributed by atoms with Gasteiger partial charge in [0, 0.05) is 24.2 Å². The first kappa shape index (κ1) is 20.9. The Morgan fingerprint density at radius 1 is 1.04 bits per heavy atom. The van der Waals surface area contributed by atoms with E-state index in [-0.39, 0.29) is 11.9 Å². The van der Waals surface area contributed by atoms with E-state index in [1.165, 1.54) is 11.3 Å². The SMILES string of the molecule is Cc1ccc(NC(=O)Nc2nc(C(=O)N(CC(C)C)CC(C)C)cs2)cc1. The lowest BCUT2D eigenvalue weighted by atomic mass is 10.1. The molecule has 0 saturated heterocycles. The molecule has 146 valence electrons. The Kier molecular flexibility index (Phi) is 7.36. The minimum Gasteiger partial charge on any atom is -0.337 e. The average molecular weight is 389 g/mol. The molecule has 7 heteroatoms. The van der Waals surface area contributed by atoms with Crippen molar-refractivity contribution in [3.8, 4) is 0 Å². The predicted octanol–water partition coefficient (Wildman–Crippen LogP) is 4.85. The maximum absolute atomic E-state index is 12.8. The van der Waals surface area contributed by atoms with Crippen molar-refractivity contribution in [2.45, 2.75) is 34.6 Å². The van der Waals surface area contributed by atoms with Crippen LogP contribution in [0.2, 0.25) is 0 Å². The lowest BCUT2D eigenvalue weighted by molar-refractivity contribution is 0.0710. The second-order valence-electron chi connectivity index (χ2n) is 7.48. The van der Waals surface area contributed by atoms with Crippen LogP contribution in [0.4, 0.5) is 15.6 Å². The number of hydrogen-bond acceptors (Lipinski definition) is 4. The van der Waals surface area contributed by atoms with Crippen molar-refractivity contribution in [2.24, 2.45) is 11.8 Å². The lowest BCUT2D eigenvalue weighted by Gasteiger charge is -2.25. The fourth-order valence-electron chi connectivity index (χ4n) is 2.61. The molecule has 1 aromatic carbocycles. The van der Waals surface area contributed by atoms with Gasteiger partial charge in [-0.25, -0.2) is 9.78 Å². The third-order valence-corrected chi connectivity index (χ3v) is 4.47. The smallest absolute Gasteiger partial charge is 0.325 e. The number of aromatic nitrogens is 1. The van der Waals surface area contributed by atoms with Gasteiger partial charge in [0.25, 0.3) is 5.91 Å². The Morgan fingerprint density at radius 2 is 1.63 bits per heavy atom. The summed E-state index contributed by atoms with van der Waals surface area (Å²) in [7, 11) is 0. The molecule has 0 aliphatic rings. The van der Waals surface area contributed by atoms with Crippen LogP contribution in [-0.2, 0) is 0 Å². The highest BCUT2D eigenvalue weighted by atomic mass is 32.1. The van der Waals surface area contributed by atoms with Gasteiger partial charge >= 0.3 is 6.03 Å². The molecule has 3 amide bonds. The number of rotatable bonds is 7. The number of thiazole rings is 1. The van der Waals surface area contributed by atoms with Crippen LogP contribution in [0.5, 0.6) is 0 Å². The van der Waals surface area contributed by atoms with E-state index in [1.807, 2.05) is 36.1 Å². The normalized spacial score (nSPS) is 10.9. The average Bonchev–Trinajstić information content (AvgIpc) is 3.03. The molecule has 0 unspecified atom stereocenters. The highest BCUT2D eigenvalue weighted by Gasteiger charge is 2.21. The second-order valence-corrected chi connectivity index (χ2v) is 8.34. The Labute approximate surface area is 165 Å². The first-order valence-corrected chi connectivity index (χ1v) is 10.0. The summed E-state index contributed by atoms with van der Waals surface area (Å²) in [5.74, 6) is 0.661. The van der Waals surface area contributed by atoms with Gasteiger partial charge in [-0.1, -0.05) is 45.4 Å². The number of nitrogens with one attached hydrogen (secondary N) is 2. The van der Waals surface area contributed by atoms with Crippen molar-refractivity contribution in [3.05, 3.63) is 40.9 Å². The van der Waals surface area contributed by atoms with E-state index >= 15 is 0 Å². The summed E-state index contributed by atoms with van der Waals surface area (Å²) in [6.45, 7) is 11.7. The molecule has 2 N–H and O–H groups in total. The molecule has 0 fully saturated rings. The molecule has 0 radical (unpaired) electrons. The van der Waals surface area contributed by atoms with E-state index in [0.717, 1.165) is 5.56 Å². The molecule has 2 rings (SSSR count). The molecule has 1 aromatic heterocycles. The van der Waals surface area contributed by atoms with Crippen molar-refractivity contribution in [2.75, 3.05) is 23.7 Å². The molecule has 0 spiro atoms. The summed E-state index contributed by atoms with van der Waals surface area (Å²) < 4.78 is 0. The summed E-state index contributed by atoms with van der Waals surface area (Å²) in [4.78, 5) is 31.0. The van der Waals surface area contributed by atoms with Crippen LogP contribution in [0.1, 0.15) is 43.7 Å². The van der Waals surface area contributed by atoms with Gasteiger partial charge in [0.15, 0.2) is 5.13 Å². The summed E-state index contributed by atoms with van der Waals surface area (Å²) >= 11 is 1.24. The molecule has 0 saturated carbocycles. The maximum Gasteiger partial charge on any atom is 0.325 e. The van der Waals surface area contributed by atoms with Crippen LogP contribution in [-0.4, -0.2) is 34.9 Å². The van der Waals surface area contributed by atoms with Crippen LogP contribution in [0, 0.1) is 18.8 Å². The molecule has 0 bridgehead atoms. The van der Waals surface area contributed by atoms with Crippen LogP contribution in [0.25, 0.3) is 0 Å². The summed E-state index contributed by atoms with van der Waals surface area (Å²) in [6, 6.07) is 7.14. The molecule has 0 atom stereocenters. The van der Waals surface area contributed by atoms with Crippen molar-refractivity contribution >= 4 is 34.1 Å². The predicted molar refractivity (Wildman–Crippen MR) is 112 cm³/mol. The molecule has 27 heavy (non-hydrogen) atoms. The third-order valence-electron chi connectivity index (χ3n) is 3.71. The molecule has 2 aromatic rings. The zero-order chi connectivity index (χ0) is 20.0. The molecule has 6 nitrogen and oxygen atoms in total. The Hall–Kier alpha value is -2.41. The van der Waals surface area contributed by atoms with Gasteiger partial charge < -0.3 is 10.2 Å². The fourth-order valence-corrected chi connectivity index (χ4v) is 3.29. The summed E-state index contributed by atoms with van der Waals surface area (Å²) in [5, 5.41) is 7.53. The number of benzene rings is 1. The lowest BCUT2D eigenvalue weighted by Crippen LogP contribution is -2.37. The van der Waals surface area contributed by atoms with Crippen molar-refractivity contribution < 1.29 is 9.59 Å². The molecular weight excluding hydrogens is 360 g/mol. The maximum atomic E-state index is 12.8. The van der Waals surface area contributed by atoms with Crippen molar-refractivity contribution in [1.82, 2.24) is 9.88 Å². The topological polar surface area (TPSA) is 74.3 Å². The minimum absolute atomic E-state index is 0.0966. The fraction of sp³-hybridized carbons (Fsp3) is 0.450. The standard InChI is InChI=1S/C20H28N4O2S/c1-13(2)10-24(11-14(3)4)18(25)17-12-27-20(22-17)23-19(26)21-16-8-6-15(5)7-9-16/h6-9,12-14H,10-11H2,1-5H3,(H2,21,22,23,26). The van der Waals surface area contributed by atoms with Crippen molar-refractivity contribution in [1.29, 1.82) is 0 Å². The number of aryl methyl sites for hydroxylation is 1. The van der Waals surface area contributed by atoms with E-state index in [0.29, 0.717) is 41.4 Å². The van der Waals surface area contributed by atoms with E-state index in [2.05, 4.69) is 43.3 Å². The summed E-state index contributed by atoms with van der Waals surface area (Å²) in [6.07, 6.45) is 0. The monoisotopic (exact) mass is 388 g/mol. The molecule has 0 aliphatic heterocycles. The molecule has 1 heterocycles. The third kappa shape index (κ3) is 6.67. The van der Waals surface area contributed by atoms with E-state index in [9.17, 15) is 9.59 Å². The van der Waals surface area contributed by atoms with Gasteiger partial charge in [0.05, 0.1) is 0 Å². The second kappa shape index (κ2) is 9.50. The largest absolute Gasteiger partial charge is 0.337 e. The van der Waals surface area contributed by atoms with Crippen LogP contribution < -0.4 is 10.6 Å². The molecular formula is C20H28N4O2S. The Morgan fingerprint density at radius 3 is 2.19 bits per heavy atom. The van der Waals surface area contributed by atoms with Crippen LogP contribution in [0.15, 0.2) is 29.6 Å². The van der Waals surface area contributed by atoms with E-state index in [1.54, 1.807) is 5.38 Å². The van der Waals surface area contributed by atoms with Gasteiger partial charge in [0.1, 0.15) is 5.69 Å². The van der Waals surface area contributed by atoms with Crippen LogP contribution >= 0.6 is 11.3 Å². The number of urea groups is 1.